The monoisotopic (exact) mass is 359 g/mol. The summed E-state index contributed by atoms with van der Waals surface area (Å²) in [7, 11) is 1.64. The lowest BCUT2D eigenvalue weighted by Gasteiger charge is -2.45. The van der Waals surface area contributed by atoms with Crippen molar-refractivity contribution >= 4 is 0 Å². The molecule has 7 nitrogen and oxygen atoms in total. The van der Waals surface area contributed by atoms with Gasteiger partial charge in [-0.3, -0.25) is 0 Å². The van der Waals surface area contributed by atoms with Gasteiger partial charge in [-0.15, -0.1) is 5.10 Å². The molecule has 0 unspecified atom stereocenters. The van der Waals surface area contributed by atoms with Crippen molar-refractivity contribution in [2.24, 2.45) is 0 Å². The Labute approximate surface area is 152 Å². The second kappa shape index (κ2) is 7.34. The number of aliphatic hydroxyl groups is 1. The van der Waals surface area contributed by atoms with Crippen molar-refractivity contribution in [2.75, 3.05) is 13.7 Å². The molecule has 1 N–H and O–H groups in total. The van der Waals surface area contributed by atoms with E-state index in [-0.39, 0.29) is 18.8 Å². The summed E-state index contributed by atoms with van der Waals surface area (Å²) in [5.74, 6) is 0.187. The summed E-state index contributed by atoms with van der Waals surface area (Å²) in [5.41, 5.74) is 1.70. The molecule has 3 heterocycles. The smallest absolute Gasteiger partial charge is 0.169 e. The van der Waals surface area contributed by atoms with Gasteiger partial charge in [0.15, 0.2) is 5.79 Å². The van der Waals surface area contributed by atoms with Crippen LogP contribution in [0.1, 0.15) is 50.3 Å². The maximum Gasteiger partial charge on any atom is 0.169 e. The molecule has 0 saturated carbocycles. The summed E-state index contributed by atoms with van der Waals surface area (Å²) < 4.78 is 19.5. The lowest BCUT2D eigenvalue weighted by molar-refractivity contribution is -0.320. The number of ether oxygens (including phenoxy) is 3. The first kappa shape index (κ1) is 17.5. The molecule has 3 atom stereocenters. The molecule has 7 heteroatoms. The molecule has 0 bridgehead atoms. The zero-order valence-electron chi connectivity index (χ0n) is 15.0. The van der Waals surface area contributed by atoms with Crippen LogP contribution >= 0.6 is 0 Å². The van der Waals surface area contributed by atoms with E-state index < -0.39 is 5.79 Å². The number of benzene rings is 1. The van der Waals surface area contributed by atoms with Crippen molar-refractivity contribution in [3.63, 3.8) is 0 Å². The first-order valence-electron chi connectivity index (χ1n) is 9.24. The van der Waals surface area contributed by atoms with Crippen LogP contribution in [-0.4, -0.2) is 45.7 Å². The topological polar surface area (TPSA) is 78.6 Å². The fourth-order valence-electron chi connectivity index (χ4n) is 3.87. The third kappa shape index (κ3) is 3.47. The molecular weight excluding hydrogens is 334 g/mol. The Balaban J connectivity index is 1.52. The van der Waals surface area contributed by atoms with Crippen LogP contribution in [-0.2, 0) is 9.47 Å². The average Bonchev–Trinajstić information content (AvgIpc) is 3.18. The van der Waals surface area contributed by atoms with E-state index in [1.54, 1.807) is 11.8 Å². The van der Waals surface area contributed by atoms with Crippen molar-refractivity contribution in [2.45, 2.75) is 56.5 Å². The first-order chi connectivity index (χ1) is 12.7. The molecule has 2 aliphatic rings. The molecule has 2 aromatic rings. The number of hydrogen-bond acceptors (Lipinski definition) is 6. The fraction of sp³-hybridized carbons (Fsp3) is 0.579. The van der Waals surface area contributed by atoms with Gasteiger partial charge in [0.2, 0.25) is 0 Å². The highest BCUT2D eigenvalue weighted by atomic mass is 16.7. The summed E-state index contributed by atoms with van der Waals surface area (Å²) >= 11 is 0. The summed E-state index contributed by atoms with van der Waals surface area (Å²) in [6.45, 7) is 0.0435. The SMILES string of the molecule is COc1cccc(-n2cc([C@@H]3CCC[C@]4(CCC[C@@H](CO)O4)O3)nn2)c1. The van der Waals surface area contributed by atoms with E-state index >= 15 is 0 Å². The van der Waals surface area contributed by atoms with Crippen LogP contribution in [0.4, 0.5) is 0 Å². The summed E-state index contributed by atoms with van der Waals surface area (Å²) in [5, 5.41) is 18.0. The molecule has 2 fully saturated rings. The van der Waals surface area contributed by atoms with E-state index in [1.807, 2.05) is 30.5 Å². The van der Waals surface area contributed by atoms with Gasteiger partial charge in [-0.25, -0.2) is 4.68 Å². The van der Waals surface area contributed by atoms with Crippen LogP contribution in [0.15, 0.2) is 30.5 Å². The van der Waals surface area contributed by atoms with E-state index in [0.29, 0.717) is 0 Å². The van der Waals surface area contributed by atoms with Crippen molar-refractivity contribution in [1.82, 2.24) is 15.0 Å². The second-order valence-corrected chi connectivity index (χ2v) is 7.01. The second-order valence-electron chi connectivity index (χ2n) is 7.01. The fourth-order valence-corrected chi connectivity index (χ4v) is 3.87. The molecule has 1 aromatic carbocycles. The van der Waals surface area contributed by atoms with Crippen LogP contribution in [0.3, 0.4) is 0 Å². The third-order valence-electron chi connectivity index (χ3n) is 5.21. The molecule has 4 rings (SSSR count). The van der Waals surface area contributed by atoms with E-state index in [0.717, 1.165) is 55.7 Å². The molecule has 0 amide bonds. The maximum atomic E-state index is 9.44. The third-order valence-corrected chi connectivity index (χ3v) is 5.21. The van der Waals surface area contributed by atoms with Gasteiger partial charge < -0.3 is 19.3 Å². The maximum absolute atomic E-state index is 9.44. The van der Waals surface area contributed by atoms with Gasteiger partial charge in [0.05, 0.1) is 31.7 Å². The Hall–Kier alpha value is -1.96. The van der Waals surface area contributed by atoms with Gasteiger partial charge in [-0.1, -0.05) is 11.3 Å². The summed E-state index contributed by atoms with van der Waals surface area (Å²) in [6.07, 6.45) is 7.17. The number of hydrogen-bond donors (Lipinski definition) is 1. The van der Waals surface area contributed by atoms with Crippen LogP contribution in [0.5, 0.6) is 5.75 Å². The minimum Gasteiger partial charge on any atom is -0.497 e. The predicted octanol–water partition coefficient (Wildman–Crippen LogP) is 2.78. The standard InChI is InChI=1S/C19H25N3O4/c1-24-15-6-2-5-14(11-15)22-12-17(20-21-22)18-8-4-10-19(26-18)9-3-7-16(13-23)25-19/h2,5-6,11-12,16,18,23H,3-4,7-10,13H2,1H3/t16-,18-,19-/m0/s1. The van der Waals surface area contributed by atoms with Gasteiger partial charge in [0.25, 0.3) is 0 Å². The number of methoxy groups -OCH3 is 1. The molecule has 26 heavy (non-hydrogen) atoms. The number of aliphatic hydroxyl groups excluding tert-OH is 1. The van der Waals surface area contributed by atoms with E-state index in [1.165, 1.54) is 0 Å². The van der Waals surface area contributed by atoms with Crippen molar-refractivity contribution in [3.8, 4) is 11.4 Å². The quantitative estimate of drug-likeness (QED) is 0.904. The zero-order chi connectivity index (χ0) is 18.0. The normalized spacial score (nSPS) is 29.0. The first-order valence-corrected chi connectivity index (χ1v) is 9.24. The van der Waals surface area contributed by atoms with Gasteiger partial charge in [-0.05, 0) is 37.8 Å². The molecule has 0 radical (unpaired) electrons. The van der Waals surface area contributed by atoms with Crippen LogP contribution in [0.2, 0.25) is 0 Å². The minimum atomic E-state index is -0.589. The van der Waals surface area contributed by atoms with E-state index in [9.17, 15) is 5.11 Å². The van der Waals surface area contributed by atoms with Crippen molar-refractivity contribution < 1.29 is 19.3 Å². The summed E-state index contributed by atoms with van der Waals surface area (Å²) in [4.78, 5) is 0. The lowest BCUT2D eigenvalue weighted by Crippen LogP contribution is -2.47. The average molecular weight is 359 g/mol. The summed E-state index contributed by atoms with van der Waals surface area (Å²) in [6, 6.07) is 7.69. The molecule has 140 valence electrons. The van der Waals surface area contributed by atoms with Crippen molar-refractivity contribution in [3.05, 3.63) is 36.2 Å². The predicted molar refractivity (Wildman–Crippen MR) is 94.1 cm³/mol. The minimum absolute atomic E-state index is 0.0435. The highest BCUT2D eigenvalue weighted by Crippen LogP contribution is 2.43. The molecule has 2 aliphatic heterocycles. The number of aromatic nitrogens is 3. The zero-order valence-corrected chi connectivity index (χ0v) is 15.0. The molecule has 1 spiro atoms. The molecule has 0 aliphatic carbocycles. The Morgan fingerprint density at radius 2 is 2.12 bits per heavy atom. The van der Waals surface area contributed by atoms with Crippen LogP contribution in [0.25, 0.3) is 5.69 Å². The highest BCUT2D eigenvalue weighted by molar-refractivity contribution is 5.38. The van der Waals surface area contributed by atoms with Crippen molar-refractivity contribution in [1.29, 1.82) is 0 Å². The van der Waals surface area contributed by atoms with Gasteiger partial charge in [-0.2, -0.15) is 0 Å². The number of nitrogens with zero attached hydrogens (tertiary/aromatic N) is 3. The van der Waals surface area contributed by atoms with E-state index in [2.05, 4.69) is 10.3 Å². The van der Waals surface area contributed by atoms with E-state index in [4.69, 9.17) is 14.2 Å². The van der Waals surface area contributed by atoms with Gasteiger partial charge in [0, 0.05) is 18.9 Å². The molecule has 1 aromatic heterocycles. The highest BCUT2D eigenvalue weighted by Gasteiger charge is 2.43. The Morgan fingerprint density at radius 3 is 2.92 bits per heavy atom. The Kier molecular flexibility index (Phi) is 4.93. The lowest BCUT2D eigenvalue weighted by atomic mass is 9.92. The molecular formula is C19H25N3O4. The Bertz CT molecular complexity index is 746. The van der Waals surface area contributed by atoms with Crippen LogP contribution < -0.4 is 4.74 Å². The number of rotatable bonds is 4. The molecule has 2 saturated heterocycles. The Morgan fingerprint density at radius 1 is 1.27 bits per heavy atom. The van der Waals surface area contributed by atoms with Gasteiger partial charge in [0.1, 0.15) is 17.5 Å². The largest absolute Gasteiger partial charge is 0.497 e. The van der Waals surface area contributed by atoms with Crippen LogP contribution in [0, 0.1) is 0 Å². The van der Waals surface area contributed by atoms with Gasteiger partial charge >= 0.3 is 0 Å².